The number of halogens is 5. The first-order valence-electron chi connectivity index (χ1n) is 6.76. The van der Waals surface area contributed by atoms with Crippen LogP contribution in [0.1, 0.15) is 18.5 Å². The third kappa shape index (κ3) is 4.21. The second kappa shape index (κ2) is 6.10. The molecule has 122 valence electrons. The molecular weight excluding hydrogens is 427 g/mol. The minimum Gasteiger partial charge on any atom is -0.351 e. The topological polar surface area (TPSA) is 49.8 Å². The zero-order chi connectivity index (χ0) is 16.6. The zero-order valence-corrected chi connectivity index (χ0v) is 13.7. The zero-order valence-electron chi connectivity index (χ0n) is 11.6. The van der Waals surface area contributed by atoms with Gasteiger partial charge in [0.15, 0.2) is 5.69 Å². The summed E-state index contributed by atoms with van der Waals surface area (Å²) in [4.78, 5) is 7.46. The van der Waals surface area contributed by atoms with Crippen molar-refractivity contribution in [1.82, 2.24) is 9.97 Å². The van der Waals surface area contributed by atoms with Gasteiger partial charge in [-0.1, -0.05) is 0 Å². The number of hydrogen-bond acceptors (Lipinski definition) is 4. The van der Waals surface area contributed by atoms with E-state index in [4.69, 9.17) is 0 Å². The Balaban J connectivity index is 1.93. The van der Waals surface area contributed by atoms with Crippen LogP contribution < -0.4 is 10.6 Å². The van der Waals surface area contributed by atoms with E-state index in [1.807, 2.05) is 22.6 Å². The average Bonchev–Trinajstić information content (AvgIpc) is 3.25. The van der Waals surface area contributed by atoms with E-state index in [9.17, 15) is 17.6 Å². The Kier molecular flexibility index (Phi) is 4.30. The Morgan fingerprint density at radius 1 is 1.13 bits per heavy atom. The highest BCUT2D eigenvalue weighted by molar-refractivity contribution is 14.1. The predicted molar refractivity (Wildman–Crippen MR) is 86.1 cm³/mol. The Labute approximate surface area is 142 Å². The Hall–Kier alpha value is -1.65. The fourth-order valence-electron chi connectivity index (χ4n) is 1.86. The van der Waals surface area contributed by atoms with E-state index >= 15 is 0 Å². The van der Waals surface area contributed by atoms with Crippen LogP contribution in [0.5, 0.6) is 0 Å². The van der Waals surface area contributed by atoms with Crippen molar-refractivity contribution >= 4 is 40.0 Å². The maximum atomic E-state index is 13.8. The number of hydrogen-bond donors (Lipinski definition) is 2. The van der Waals surface area contributed by atoms with Gasteiger partial charge >= 0.3 is 6.18 Å². The lowest BCUT2D eigenvalue weighted by Gasteiger charge is -2.13. The van der Waals surface area contributed by atoms with Gasteiger partial charge in [0.2, 0.25) is 5.95 Å². The lowest BCUT2D eigenvalue weighted by molar-refractivity contribution is -0.141. The van der Waals surface area contributed by atoms with Crippen LogP contribution in [-0.2, 0) is 6.18 Å². The summed E-state index contributed by atoms with van der Waals surface area (Å²) in [6.45, 7) is 0. The molecule has 1 aromatic heterocycles. The molecule has 9 heteroatoms. The summed E-state index contributed by atoms with van der Waals surface area (Å²) >= 11 is 1.94. The van der Waals surface area contributed by atoms with Crippen LogP contribution in [0.25, 0.3) is 0 Å². The van der Waals surface area contributed by atoms with Crippen molar-refractivity contribution in [2.45, 2.75) is 25.1 Å². The molecule has 0 unspecified atom stereocenters. The van der Waals surface area contributed by atoms with E-state index in [-0.39, 0.29) is 23.5 Å². The molecule has 1 saturated carbocycles. The number of anilines is 3. The summed E-state index contributed by atoms with van der Waals surface area (Å²) in [6.07, 6.45) is -2.87. The number of alkyl halides is 3. The SMILES string of the molecule is Fc1cc(I)ccc1Nc1cc(C(F)(F)F)nc(NC2CC2)n1. The molecule has 1 aliphatic carbocycles. The van der Waals surface area contributed by atoms with Gasteiger partial charge in [0.05, 0.1) is 5.69 Å². The van der Waals surface area contributed by atoms with Gasteiger partial charge in [-0.3, -0.25) is 0 Å². The van der Waals surface area contributed by atoms with Gasteiger partial charge in [0, 0.05) is 15.7 Å². The van der Waals surface area contributed by atoms with Crippen LogP contribution in [0, 0.1) is 9.39 Å². The van der Waals surface area contributed by atoms with Crippen LogP contribution in [0.3, 0.4) is 0 Å². The summed E-state index contributed by atoms with van der Waals surface area (Å²) in [5, 5.41) is 5.40. The van der Waals surface area contributed by atoms with Crippen molar-refractivity contribution in [3.05, 3.63) is 39.3 Å². The molecule has 1 aliphatic rings. The molecule has 23 heavy (non-hydrogen) atoms. The van der Waals surface area contributed by atoms with E-state index in [0.717, 1.165) is 18.9 Å². The van der Waals surface area contributed by atoms with Crippen molar-refractivity contribution in [3.8, 4) is 0 Å². The van der Waals surface area contributed by atoms with Gasteiger partial charge in [0.25, 0.3) is 0 Å². The van der Waals surface area contributed by atoms with E-state index in [2.05, 4.69) is 20.6 Å². The van der Waals surface area contributed by atoms with E-state index in [1.165, 1.54) is 12.1 Å². The molecule has 0 spiro atoms. The van der Waals surface area contributed by atoms with Crippen LogP contribution in [0.15, 0.2) is 24.3 Å². The maximum Gasteiger partial charge on any atom is 0.433 e. The first-order valence-corrected chi connectivity index (χ1v) is 7.84. The average molecular weight is 438 g/mol. The highest BCUT2D eigenvalue weighted by atomic mass is 127. The molecule has 0 atom stereocenters. The molecule has 2 N–H and O–H groups in total. The summed E-state index contributed by atoms with van der Waals surface area (Å²) in [7, 11) is 0. The third-order valence-electron chi connectivity index (χ3n) is 3.12. The fourth-order valence-corrected chi connectivity index (χ4v) is 2.31. The maximum absolute atomic E-state index is 13.8. The van der Waals surface area contributed by atoms with Crippen LogP contribution in [0.4, 0.5) is 35.0 Å². The van der Waals surface area contributed by atoms with Gasteiger partial charge in [-0.25, -0.2) is 9.37 Å². The lowest BCUT2D eigenvalue weighted by atomic mass is 10.3. The molecule has 0 aliphatic heterocycles. The van der Waals surface area contributed by atoms with Gasteiger partial charge in [-0.15, -0.1) is 0 Å². The first kappa shape index (κ1) is 16.2. The number of nitrogens with one attached hydrogen (secondary N) is 2. The molecule has 0 amide bonds. The predicted octanol–water partition coefficient (Wildman–Crippen LogP) is 4.56. The summed E-state index contributed by atoms with van der Waals surface area (Å²) in [5.74, 6) is -0.799. The molecule has 1 heterocycles. The first-order chi connectivity index (χ1) is 10.8. The Morgan fingerprint density at radius 2 is 1.87 bits per heavy atom. The van der Waals surface area contributed by atoms with Crippen molar-refractivity contribution in [1.29, 1.82) is 0 Å². The Morgan fingerprint density at radius 3 is 2.48 bits per heavy atom. The van der Waals surface area contributed by atoms with Crippen molar-refractivity contribution in [2.24, 2.45) is 0 Å². The summed E-state index contributed by atoms with van der Waals surface area (Å²) < 4.78 is 53.4. The highest BCUT2D eigenvalue weighted by Gasteiger charge is 2.34. The summed E-state index contributed by atoms with van der Waals surface area (Å²) in [6, 6.07) is 5.22. The molecular formula is C14H11F4IN4. The second-order valence-corrected chi connectivity index (χ2v) is 6.37. The van der Waals surface area contributed by atoms with Crippen molar-refractivity contribution in [3.63, 3.8) is 0 Å². The van der Waals surface area contributed by atoms with Gasteiger partial charge in [-0.05, 0) is 53.6 Å². The molecule has 4 nitrogen and oxygen atoms in total. The smallest absolute Gasteiger partial charge is 0.351 e. The molecule has 0 radical (unpaired) electrons. The van der Waals surface area contributed by atoms with Gasteiger partial charge in [0.1, 0.15) is 11.6 Å². The molecule has 0 bridgehead atoms. The standard InChI is InChI=1S/C14H11F4IN4/c15-9-5-7(19)1-4-10(9)21-12-6-11(14(16,17)18)22-13(23-12)20-8-2-3-8/h1,4-6,8H,2-3H2,(H2,20,21,22,23). The third-order valence-corrected chi connectivity index (χ3v) is 3.79. The number of nitrogens with zero attached hydrogens (tertiary/aromatic N) is 2. The monoisotopic (exact) mass is 438 g/mol. The molecule has 3 rings (SSSR count). The minimum absolute atomic E-state index is 0.0506. The molecule has 2 aromatic rings. The minimum atomic E-state index is -4.61. The normalized spacial score (nSPS) is 14.7. The van der Waals surface area contributed by atoms with Crippen molar-refractivity contribution in [2.75, 3.05) is 10.6 Å². The second-order valence-electron chi connectivity index (χ2n) is 5.13. The van der Waals surface area contributed by atoms with Gasteiger partial charge < -0.3 is 10.6 Å². The summed E-state index contributed by atoms with van der Waals surface area (Å²) in [5.41, 5.74) is -1.03. The molecule has 1 fully saturated rings. The van der Waals surface area contributed by atoms with Crippen LogP contribution >= 0.6 is 22.6 Å². The number of aromatic nitrogens is 2. The van der Waals surface area contributed by atoms with E-state index in [0.29, 0.717) is 3.57 Å². The van der Waals surface area contributed by atoms with Crippen LogP contribution in [-0.4, -0.2) is 16.0 Å². The van der Waals surface area contributed by atoms with E-state index < -0.39 is 17.7 Å². The van der Waals surface area contributed by atoms with Crippen molar-refractivity contribution < 1.29 is 17.6 Å². The largest absolute Gasteiger partial charge is 0.433 e. The van der Waals surface area contributed by atoms with Gasteiger partial charge in [-0.2, -0.15) is 18.2 Å². The number of rotatable bonds is 4. The quantitative estimate of drug-likeness (QED) is 0.543. The molecule has 0 saturated heterocycles. The highest BCUT2D eigenvalue weighted by Crippen LogP contribution is 2.32. The fraction of sp³-hybridized carbons (Fsp3) is 0.286. The van der Waals surface area contributed by atoms with Crippen LogP contribution in [0.2, 0.25) is 0 Å². The Bertz CT molecular complexity index is 731. The number of benzene rings is 1. The van der Waals surface area contributed by atoms with E-state index in [1.54, 1.807) is 6.07 Å². The molecule has 1 aromatic carbocycles. The lowest BCUT2D eigenvalue weighted by Crippen LogP contribution is -2.14.